The minimum Gasteiger partial charge on any atom is -0.444 e. The molecule has 3 heterocycles. The number of rotatable bonds is 0. The third-order valence-corrected chi connectivity index (χ3v) is 4.31. The van der Waals surface area contributed by atoms with Crippen LogP contribution in [0.25, 0.3) is 0 Å². The second-order valence-corrected chi connectivity index (χ2v) is 7.17. The zero-order valence-electron chi connectivity index (χ0n) is 13.4. The van der Waals surface area contributed by atoms with E-state index >= 15 is 0 Å². The summed E-state index contributed by atoms with van der Waals surface area (Å²) in [5.74, 6) is 0.956. The van der Waals surface area contributed by atoms with Gasteiger partial charge in [-0.2, -0.15) is 5.26 Å². The van der Waals surface area contributed by atoms with Crippen molar-refractivity contribution in [2.45, 2.75) is 57.7 Å². The molecule has 1 amide bonds. The number of carbonyl (C=O) groups excluding carboxylic acids is 1. The number of likely N-dealkylation sites (tertiary alicyclic amines) is 1. The van der Waals surface area contributed by atoms with Gasteiger partial charge >= 0.3 is 6.09 Å². The summed E-state index contributed by atoms with van der Waals surface area (Å²) in [6.07, 6.45) is 4.07. The lowest BCUT2D eigenvalue weighted by Crippen LogP contribution is -2.57. The molecule has 0 saturated carbocycles. The highest BCUT2D eigenvalue weighted by molar-refractivity contribution is 5.88. The van der Waals surface area contributed by atoms with Gasteiger partial charge in [0.05, 0.1) is 23.7 Å². The van der Waals surface area contributed by atoms with E-state index in [1.165, 1.54) is 0 Å². The number of hydrogen-bond acceptors (Lipinski definition) is 5. The number of carbonyl (C=O) groups is 1. The highest BCUT2D eigenvalue weighted by atomic mass is 16.6. The summed E-state index contributed by atoms with van der Waals surface area (Å²) in [7, 11) is 0. The summed E-state index contributed by atoms with van der Waals surface area (Å²) >= 11 is 0. The normalized spacial score (nSPS) is 27.4. The Morgan fingerprint density at radius 1 is 1.36 bits per heavy atom. The maximum atomic E-state index is 12.4. The molecule has 0 aromatic carbocycles. The fourth-order valence-corrected chi connectivity index (χ4v) is 3.40. The average Bonchev–Trinajstić information content (AvgIpc) is 3.00. The van der Waals surface area contributed by atoms with E-state index in [0.717, 1.165) is 31.8 Å². The van der Waals surface area contributed by atoms with Crippen molar-refractivity contribution in [3.05, 3.63) is 11.8 Å². The minimum absolute atomic E-state index is 0.183. The predicted molar refractivity (Wildman–Crippen MR) is 82.2 cm³/mol. The molecule has 22 heavy (non-hydrogen) atoms. The van der Waals surface area contributed by atoms with Gasteiger partial charge in [0.1, 0.15) is 11.4 Å². The van der Waals surface area contributed by atoms with Crippen molar-refractivity contribution in [1.29, 1.82) is 5.26 Å². The molecule has 2 unspecified atom stereocenters. The zero-order valence-corrected chi connectivity index (χ0v) is 13.4. The van der Waals surface area contributed by atoms with Crippen LogP contribution in [-0.4, -0.2) is 52.5 Å². The topological polar surface area (TPSA) is 68.9 Å². The molecule has 0 radical (unpaired) electrons. The van der Waals surface area contributed by atoms with Crippen LogP contribution in [0.2, 0.25) is 0 Å². The third-order valence-electron chi connectivity index (χ3n) is 4.31. The Bertz CT molecular complexity index is 568. The first-order chi connectivity index (χ1) is 10.4. The fourth-order valence-electron chi connectivity index (χ4n) is 3.40. The molecule has 2 saturated heterocycles. The Morgan fingerprint density at radius 2 is 2.00 bits per heavy atom. The second-order valence-electron chi connectivity index (χ2n) is 7.17. The number of nitrogens with zero attached hydrogens (tertiary/aromatic N) is 4. The lowest BCUT2D eigenvalue weighted by atomic mass is 10.1. The van der Waals surface area contributed by atoms with Crippen LogP contribution in [0.1, 0.15) is 40.0 Å². The summed E-state index contributed by atoms with van der Waals surface area (Å²) < 4.78 is 5.54. The van der Waals surface area contributed by atoms with Gasteiger partial charge < -0.3 is 9.64 Å². The van der Waals surface area contributed by atoms with Crippen molar-refractivity contribution >= 4 is 11.9 Å². The Kier molecular flexibility index (Phi) is 3.59. The minimum atomic E-state index is -0.463. The fraction of sp³-hybridized carbons (Fsp3) is 0.688. The molecule has 6 heteroatoms. The summed E-state index contributed by atoms with van der Waals surface area (Å²) in [5, 5.41) is 8.94. The van der Waals surface area contributed by atoms with Gasteiger partial charge in [0, 0.05) is 25.7 Å². The molecule has 0 aliphatic carbocycles. The molecule has 3 aliphatic rings. The molecule has 0 aromatic heterocycles. The van der Waals surface area contributed by atoms with Gasteiger partial charge in [-0.3, -0.25) is 4.90 Å². The molecule has 2 fully saturated rings. The molecule has 2 bridgehead atoms. The quantitative estimate of drug-likeness (QED) is 0.688. The van der Waals surface area contributed by atoms with Crippen LogP contribution in [-0.2, 0) is 4.74 Å². The first-order valence-corrected chi connectivity index (χ1v) is 7.79. The van der Waals surface area contributed by atoms with Gasteiger partial charge in [-0.25, -0.2) is 9.79 Å². The van der Waals surface area contributed by atoms with Crippen molar-refractivity contribution in [3.63, 3.8) is 0 Å². The number of ether oxygens (including phenoxy) is 1. The Labute approximate surface area is 131 Å². The van der Waals surface area contributed by atoms with Crippen LogP contribution in [0.5, 0.6) is 0 Å². The molecule has 0 spiro atoms. The van der Waals surface area contributed by atoms with Crippen molar-refractivity contribution in [2.24, 2.45) is 4.99 Å². The molecule has 3 aliphatic heterocycles. The number of amidine groups is 1. The molecule has 3 rings (SSSR count). The van der Waals surface area contributed by atoms with Crippen molar-refractivity contribution < 1.29 is 9.53 Å². The van der Waals surface area contributed by atoms with Crippen LogP contribution < -0.4 is 0 Å². The first-order valence-electron chi connectivity index (χ1n) is 7.79. The summed E-state index contributed by atoms with van der Waals surface area (Å²) in [5.41, 5.74) is 0.242. The molecule has 0 N–H and O–H groups in total. The SMILES string of the molecule is CC(C)(C)OC(=O)N1C2CCC1CN(C1=NC=C(C#N)C1)C2. The Hall–Kier alpha value is -2.03. The summed E-state index contributed by atoms with van der Waals surface area (Å²) in [4.78, 5) is 20.9. The molecule has 6 nitrogen and oxygen atoms in total. The van der Waals surface area contributed by atoms with E-state index < -0.39 is 5.60 Å². The lowest BCUT2D eigenvalue weighted by Gasteiger charge is -2.42. The van der Waals surface area contributed by atoms with Gasteiger partial charge in [-0.1, -0.05) is 0 Å². The summed E-state index contributed by atoms with van der Waals surface area (Å²) in [6.45, 7) is 7.24. The van der Waals surface area contributed by atoms with E-state index in [2.05, 4.69) is 16.0 Å². The van der Waals surface area contributed by atoms with Gasteiger partial charge in [-0.15, -0.1) is 0 Å². The number of piperazine rings is 1. The molecule has 118 valence electrons. The number of aliphatic imine (C=N–C) groups is 1. The van der Waals surface area contributed by atoms with Crippen LogP contribution in [0.4, 0.5) is 4.79 Å². The zero-order chi connectivity index (χ0) is 15.9. The van der Waals surface area contributed by atoms with Crippen LogP contribution >= 0.6 is 0 Å². The van der Waals surface area contributed by atoms with E-state index in [1.54, 1.807) is 6.20 Å². The van der Waals surface area contributed by atoms with E-state index in [-0.39, 0.29) is 18.2 Å². The van der Waals surface area contributed by atoms with Gasteiger partial charge in [-0.05, 0) is 33.6 Å². The first kappa shape index (κ1) is 14.9. The largest absolute Gasteiger partial charge is 0.444 e. The van der Waals surface area contributed by atoms with Crippen molar-refractivity contribution in [3.8, 4) is 6.07 Å². The number of nitriles is 1. The second kappa shape index (κ2) is 5.31. The van der Waals surface area contributed by atoms with Crippen LogP contribution in [0, 0.1) is 11.3 Å². The number of fused-ring (bicyclic) bond motifs is 2. The van der Waals surface area contributed by atoms with E-state index in [9.17, 15) is 4.79 Å². The van der Waals surface area contributed by atoms with E-state index in [1.807, 2.05) is 25.7 Å². The number of amides is 1. The average molecular weight is 302 g/mol. The molecular weight excluding hydrogens is 280 g/mol. The van der Waals surface area contributed by atoms with Gasteiger partial charge in [0.2, 0.25) is 0 Å². The Balaban J connectivity index is 1.65. The van der Waals surface area contributed by atoms with Crippen LogP contribution in [0.15, 0.2) is 16.8 Å². The third kappa shape index (κ3) is 2.80. The standard InChI is InChI=1S/C16H22N4O2/c1-16(2,3)22-15(21)20-12-4-5-13(20)10-19(9-12)14-6-11(7-17)8-18-14/h8,12-13H,4-6,9-10H2,1-3H3. The van der Waals surface area contributed by atoms with Gasteiger partial charge in [0.15, 0.2) is 0 Å². The smallest absolute Gasteiger partial charge is 0.410 e. The van der Waals surface area contributed by atoms with Crippen molar-refractivity contribution in [1.82, 2.24) is 9.80 Å². The van der Waals surface area contributed by atoms with Crippen molar-refractivity contribution in [2.75, 3.05) is 13.1 Å². The lowest BCUT2D eigenvalue weighted by molar-refractivity contribution is 0.00270. The molecule has 0 aromatic rings. The maximum Gasteiger partial charge on any atom is 0.410 e. The van der Waals surface area contributed by atoms with Gasteiger partial charge in [0.25, 0.3) is 0 Å². The molecular formula is C16H22N4O2. The highest BCUT2D eigenvalue weighted by Crippen LogP contribution is 2.32. The highest BCUT2D eigenvalue weighted by Gasteiger charge is 2.45. The molecule has 2 atom stereocenters. The van der Waals surface area contributed by atoms with E-state index in [0.29, 0.717) is 12.0 Å². The number of hydrogen-bond donors (Lipinski definition) is 0. The monoisotopic (exact) mass is 302 g/mol. The van der Waals surface area contributed by atoms with E-state index in [4.69, 9.17) is 10.00 Å². The predicted octanol–water partition coefficient (Wildman–Crippen LogP) is 2.28. The van der Waals surface area contributed by atoms with Crippen LogP contribution in [0.3, 0.4) is 0 Å². The Morgan fingerprint density at radius 3 is 2.50 bits per heavy atom. The summed E-state index contributed by atoms with van der Waals surface area (Å²) in [6, 6.07) is 2.52. The maximum absolute atomic E-state index is 12.4.